The number of benzene rings is 6. The van der Waals surface area contributed by atoms with Crippen molar-refractivity contribution in [2.24, 2.45) is 0 Å². The summed E-state index contributed by atoms with van der Waals surface area (Å²) in [6.45, 7) is -0.313. The van der Waals surface area contributed by atoms with E-state index >= 15 is 0 Å². The van der Waals surface area contributed by atoms with E-state index in [1.54, 1.807) is 0 Å². The summed E-state index contributed by atoms with van der Waals surface area (Å²) in [5.74, 6) is 2.70. The molecule has 228 valence electrons. The maximum Gasteiger partial charge on any atom is 0.220 e. The molecule has 0 saturated heterocycles. The summed E-state index contributed by atoms with van der Waals surface area (Å²) in [4.78, 5) is 10.1. The average Bonchev–Trinajstić information content (AvgIpc) is 3.87. The maximum absolute atomic E-state index is 9.03. The molecule has 0 aliphatic carbocycles. The molecular weight excluding hydrogens is 609 g/mol. The van der Waals surface area contributed by atoms with Crippen molar-refractivity contribution in [3.63, 3.8) is 0 Å². The number of hydrogen-bond acceptors (Lipinski definition) is 3. The van der Waals surface area contributed by atoms with Crippen LogP contribution in [0.2, 0.25) is 13.0 Å². The highest BCUT2D eigenvalue weighted by molar-refractivity contribution is 7.01. The highest BCUT2D eigenvalue weighted by Crippen LogP contribution is 2.36. The standard InChI is InChI=1S/C40H28N6OSi/c1-48(2)37-22-20-25(43-31-15-7-9-17-33(31)45-29-13-5-3-11-27(29)41-39(43)45)23-36(37)47-35-21-19-26(24-38(35)48)44-32-16-8-10-18-34(32)46-30-14-6-4-12-28(30)42-40(44)46/h3-24H,1-2H3/i1D3. The van der Waals surface area contributed by atoms with Gasteiger partial charge in [-0.05, 0) is 83.2 Å². The predicted octanol–water partition coefficient (Wildman–Crippen LogP) is 8.10. The Morgan fingerprint density at radius 1 is 0.521 bits per heavy atom. The highest BCUT2D eigenvalue weighted by atomic mass is 28.3. The van der Waals surface area contributed by atoms with Gasteiger partial charge < -0.3 is 4.74 Å². The summed E-state index contributed by atoms with van der Waals surface area (Å²) in [6, 6.07) is 44.6. The molecule has 0 N–H and O–H groups in total. The van der Waals surface area contributed by atoms with Crippen LogP contribution in [0.5, 0.6) is 11.5 Å². The molecule has 1 unspecified atom stereocenters. The van der Waals surface area contributed by atoms with Gasteiger partial charge in [-0.2, -0.15) is 0 Å². The molecule has 8 heteroatoms. The van der Waals surface area contributed by atoms with Crippen LogP contribution in [0.25, 0.3) is 67.1 Å². The van der Waals surface area contributed by atoms with Gasteiger partial charge in [-0.3, -0.25) is 17.9 Å². The Kier molecular flexibility index (Phi) is 4.37. The van der Waals surface area contributed by atoms with Crippen molar-refractivity contribution in [1.29, 1.82) is 0 Å². The third-order valence-corrected chi connectivity index (χ3v) is 12.9. The first-order chi connectivity index (χ1) is 24.8. The molecule has 1 aliphatic rings. The Labute approximate surface area is 279 Å². The van der Waals surface area contributed by atoms with Gasteiger partial charge in [0.05, 0.1) is 49.8 Å². The zero-order valence-corrected chi connectivity index (χ0v) is 26.8. The quantitative estimate of drug-likeness (QED) is 0.180. The lowest BCUT2D eigenvalue weighted by Gasteiger charge is -2.33. The van der Waals surface area contributed by atoms with Crippen LogP contribution in [0.1, 0.15) is 4.11 Å². The van der Waals surface area contributed by atoms with Crippen molar-refractivity contribution < 1.29 is 8.85 Å². The molecule has 5 heterocycles. The van der Waals surface area contributed by atoms with Crippen LogP contribution in [0.3, 0.4) is 0 Å². The topological polar surface area (TPSA) is 53.7 Å². The Hall–Kier alpha value is -6.12. The van der Waals surface area contributed by atoms with Crippen molar-refractivity contribution >= 4 is 74.1 Å². The molecule has 1 atom stereocenters. The van der Waals surface area contributed by atoms with Crippen LogP contribution in [-0.4, -0.2) is 36.0 Å². The van der Waals surface area contributed by atoms with Crippen LogP contribution < -0.4 is 15.1 Å². The van der Waals surface area contributed by atoms with Crippen molar-refractivity contribution in [3.05, 3.63) is 133 Å². The molecule has 0 bridgehead atoms. The first-order valence-corrected chi connectivity index (χ1v) is 18.5. The summed E-state index contributed by atoms with van der Waals surface area (Å²) >= 11 is 0. The molecule has 0 fully saturated rings. The fourth-order valence-electron chi connectivity index (χ4n) is 7.76. The van der Waals surface area contributed by atoms with E-state index in [1.165, 1.54) is 0 Å². The zero-order valence-electron chi connectivity index (χ0n) is 28.8. The normalized spacial score (nSPS) is 17.1. The van der Waals surface area contributed by atoms with Crippen LogP contribution in [0.15, 0.2) is 133 Å². The molecule has 0 saturated carbocycles. The Morgan fingerprint density at radius 2 is 1.02 bits per heavy atom. The fourth-order valence-corrected chi connectivity index (χ4v) is 10.1. The molecule has 11 rings (SSSR count). The minimum absolute atomic E-state index is 0.568. The van der Waals surface area contributed by atoms with E-state index in [0.717, 1.165) is 77.4 Å². The number of imidazole rings is 4. The van der Waals surface area contributed by atoms with E-state index in [4.69, 9.17) is 18.8 Å². The number of rotatable bonds is 2. The van der Waals surface area contributed by atoms with Gasteiger partial charge in [0, 0.05) is 15.9 Å². The van der Waals surface area contributed by atoms with Crippen molar-refractivity contribution in [1.82, 2.24) is 27.9 Å². The van der Waals surface area contributed by atoms with Crippen molar-refractivity contribution in [2.45, 2.75) is 13.0 Å². The van der Waals surface area contributed by atoms with E-state index in [9.17, 15) is 0 Å². The molecule has 6 aromatic carbocycles. The number of nitrogens with zero attached hydrogens (tertiary/aromatic N) is 6. The summed E-state index contributed by atoms with van der Waals surface area (Å²) in [5.41, 5.74) is 9.60. The predicted molar refractivity (Wildman–Crippen MR) is 196 cm³/mol. The van der Waals surface area contributed by atoms with Crippen LogP contribution in [0.4, 0.5) is 0 Å². The smallest absolute Gasteiger partial charge is 0.220 e. The van der Waals surface area contributed by atoms with Gasteiger partial charge in [0.15, 0.2) is 0 Å². The third-order valence-electron chi connectivity index (χ3n) is 9.96. The number of ether oxygens (including phenoxy) is 1. The minimum Gasteiger partial charge on any atom is -0.458 e. The van der Waals surface area contributed by atoms with Gasteiger partial charge in [-0.25, -0.2) is 9.97 Å². The van der Waals surface area contributed by atoms with E-state index in [1.807, 2.05) is 104 Å². The van der Waals surface area contributed by atoms with Crippen LogP contribution >= 0.6 is 0 Å². The average molecular weight is 640 g/mol. The van der Waals surface area contributed by atoms with Gasteiger partial charge in [-0.15, -0.1) is 0 Å². The number of fused-ring (bicyclic) bond motifs is 12. The Morgan fingerprint density at radius 3 is 1.60 bits per heavy atom. The maximum atomic E-state index is 9.03. The second kappa shape index (κ2) is 9.02. The molecule has 0 amide bonds. The molecule has 0 spiro atoms. The van der Waals surface area contributed by atoms with Crippen LogP contribution in [-0.2, 0) is 0 Å². The van der Waals surface area contributed by atoms with E-state index in [2.05, 4.69) is 54.3 Å². The summed E-state index contributed by atoms with van der Waals surface area (Å²) in [7, 11) is -3.43. The van der Waals surface area contributed by atoms with Crippen molar-refractivity contribution in [3.8, 4) is 22.9 Å². The molecule has 48 heavy (non-hydrogen) atoms. The van der Waals surface area contributed by atoms with Crippen LogP contribution in [0, 0.1) is 0 Å². The molecule has 1 aliphatic heterocycles. The van der Waals surface area contributed by atoms with E-state index in [-0.39, 0.29) is 0 Å². The van der Waals surface area contributed by atoms with Crippen molar-refractivity contribution in [2.75, 3.05) is 0 Å². The first-order valence-electron chi connectivity index (χ1n) is 17.5. The van der Waals surface area contributed by atoms with E-state index < -0.39 is 14.5 Å². The lowest BCUT2D eigenvalue weighted by molar-refractivity contribution is 0.486. The second-order valence-corrected chi connectivity index (χ2v) is 16.0. The number of para-hydroxylation sites is 8. The number of aromatic nitrogens is 6. The van der Waals surface area contributed by atoms with E-state index in [0.29, 0.717) is 11.5 Å². The summed E-state index contributed by atoms with van der Waals surface area (Å²) < 4.78 is 42.4. The third kappa shape index (κ3) is 3.26. The Bertz CT molecular complexity index is 3100. The zero-order chi connectivity index (χ0) is 34.2. The molecule has 4 aromatic heterocycles. The lowest BCUT2D eigenvalue weighted by atomic mass is 10.2. The lowest BCUT2D eigenvalue weighted by Crippen LogP contribution is -2.56. The Balaban J connectivity index is 1.12. The molecular formula is C40H28N6OSi. The first kappa shape index (κ1) is 23.2. The largest absolute Gasteiger partial charge is 0.458 e. The molecule has 0 radical (unpaired) electrons. The van der Waals surface area contributed by atoms with Gasteiger partial charge in [0.25, 0.3) is 0 Å². The highest BCUT2D eigenvalue weighted by Gasteiger charge is 2.37. The van der Waals surface area contributed by atoms with Gasteiger partial charge >= 0.3 is 0 Å². The monoisotopic (exact) mass is 639 g/mol. The minimum atomic E-state index is -3.43. The second-order valence-electron chi connectivity index (χ2n) is 12.7. The molecule has 10 aromatic rings. The fraction of sp³-hybridized carbons (Fsp3) is 0.0500. The summed E-state index contributed by atoms with van der Waals surface area (Å²) in [6.07, 6.45) is 0. The summed E-state index contributed by atoms with van der Waals surface area (Å²) in [5, 5.41) is 1.48. The van der Waals surface area contributed by atoms with Gasteiger partial charge in [0.1, 0.15) is 19.6 Å². The number of hydrogen-bond donors (Lipinski definition) is 0. The SMILES string of the molecule is [2H]C([2H])([2H])[Si]1(C)c2ccc(-n3c4ccccc4n4c5ccccc5nc34)cc2Oc2ccc(-n3c4ccccc4n4c5ccccc5nc34)cc21. The van der Waals surface area contributed by atoms with Gasteiger partial charge in [-0.1, -0.05) is 67.6 Å². The van der Waals surface area contributed by atoms with Gasteiger partial charge in [0.2, 0.25) is 11.6 Å². The molecule has 7 nitrogen and oxygen atoms in total.